The number of aromatic nitrogens is 4. The largest absolute Gasteiger partial charge is 0.300 e. The molecular formula is C27H25N7O2S2. The van der Waals surface area contributed by atoms with Gasteiger partial charge in [-0.15, -0.1) is 20.4 Å². The monoisotopic (exact) mass is 543 g/mol. The van der Waals surface area contributed by atoms with Crippen molar-refractivity contribution in [1.29, 1.82) is 0 Å². The molecule has 2 amide bonds. The summed E-state index contributed by atoms with van der Waals surface area (Å²) in [4.78, 5) is 28.3. The van der Waals surface area contributed by atoms with Crippen LogP contribution >= 0.6 is 22.7 Å². The summed E-state index contributed by atoms with van der Waals surface area (Å²) < 4.78 is 0. The van der Waals surface area contributed by atoms with Crippen LogP contribution in [0.5, 0.6) is 0 Å². The first-order valence-electron chi connectivity index (χ1n) is 12.2. The molecule has 0 bridgehead atoms. The van der Waals surface area contributed by atoms with Crippen molar-refractivity contribution in [3.8, 4) is 0 Å². The number of hydrogen-bond acceptors (Lipinski definition) is 8. The van der Waals surface area contributed by atoms with Crippen LogP contribution in [-0.2, 0) is 22.4 Å². The third kappa shape index (κ3) is 6.45. The van der Waals surface area contributed by atoms with Gasteiger partial charge >= 0.3 is 0 Å². The molecule has 2 atom stereocenters. The SMILES string of the molecule is [C-]#[N+]c1cccc(CC(=O)Nc2nnc(C3CCC(c4nnc(NC(=O)Cc5cccc(C)c5)s4)C3)s2)c1. The summed E-state index contributed by atoms with van der Waals surface area (Å²) in [6, 6.07) is 14.9. The van der Waals surface area contributed by atoms with Gasteiger partial charge < -0.3 is 10.6 Å². The fraction of sp³-hybridized carbons (Fsp3) is 0.296. The van der Waals surface area contributed by atoms with Crippen LogP contribution in [0.1, 0.15) is 57.8 Å². The van der Waals surface area contributed by atoms with Gasteiger partial charge in [-0.25, -0.2) is 4.85 Å². The van der Waals surface area contributed by atoms with Gasteiger partial charge in [0.05, 0.1) is 19.4 Å². The van der Waals surface area contributed by atoms with Gasteiger partial charge in [-0.3, -0.25) is 9.59 Å². The lowest BCUT2D eigenvalue weighted by Crippen LogP contribution is -2.14. The molecule has 5 rings (SSSR count). The highest BCUT2D eigenvalue weighted by Gasteiger charge is 2.32. The second kappa shape index (κ2) is 11.6. The minimum atomic E-state index is -0.190. The Kier molecular flexibility index (Phi) is 7.81. The van der Waals surface area contributed by atoms with E-state index in [0.717, 1.165) is 46.0 Å². The number of rotatable bonds is 8. The fourth-order valence-electron chi connectivity index (χ4n) is 4.59. The molecule has 0 aliphatic heterocycles. The number of benzene rings is 2. The summed E-state index contributed by atoms with van der Waals surface area (Å²) in [5, 5.41) is 25.5. The van der Waals surface area contributed by atoms with Crippen molar-refractivity contribution < 1.29 is 9.59 Å². The molecule has 11 heteroatoms. The number of nitrogens with one attached hydrogen (secondary N) is 2. The number of aryl methyl sites for hydroxylation is 1. The van der Waals surface area contributed by atoms with Crippen molar-refractivity contribution >= 4 is 50.4 Å². The van der Waals surface area contributed by atoms with E-state index in [9.17, 15) is 9.59 Å². The van der Waals surface area contributed by atoms with Crippen molar-refractivity contribution in [2.45, 2.75) is 50.9 Å². The lowest BCUT2D eigenvalue weighted by Gasteiger charge is -2.05. The van der Waals surface area contributed by atoms with Gasteiger partial charge in [0.15, 0.2) is 5.69 Å². The Morgan fingerprint density at radius 3 is 1.97 bits per heavy atom. The van der Waals surface area contributed by atoms with Gasteiger partial charge in [-0.1, -0.05) is 76.8 Å². The first-order chi connectivity index (χ1) is 18.4. The second-order valence-corrected chi connectivity index (χ2v) is 11.3. The van der Waals surface area contributed by atoms with Gasteiger partial charge in [0, 0.05) is 11.8 Å². The second-order valence-electron chi connectivity index (χ2n) is 9.32. The molecule has 2 aromatic heterocycles. The van der Waals surface area contributed by atoms with E-state index in [1.807, 2.05) is 37.3 Å². The average Bonchev–Trinajstić information content (AvgIpc) is 3.65. The molecule has 0 saturated heterocycles. The number of amides is 2. The molecule has 2 aromatic carbocycles. The maximum absolute atomic E-state index is 12.5. The zero-order valence-electron chi connectivity index (χ0n) is 20.7. The van der Waals surface area contributed by atoms with E-state index in [4.69, 9.17) is 6.57 Å². The molecule has 2 heterocycles. The van der Waals surface area contributed by atoms with Crippen molar-refractivity contribution in [2.24, 2.45) is 0 Å². The normalized spacial score (nSPS) is 16.6. The topological polar surface area (TPSA) is 114 Å². The first kappa shape index (κ1) is 25.6. The number of anilines is 2. The highest BCUT2D eigenvalue weighted by atomic mass is 32.1. The molecule has 1 aliphatic carbocycles. The Bertz CT molecular complexity index is 1510. The Labute approximate surface area is 228 Å². The zero-order valence-corrected chi connectivity index (χ0v) is 22.3. The molecule has 1 fully saturated rings. The molecule has 0 spiro atoms. The van der Waals surface area contributed by atoms with Gasteiger partial charge in [0.1, 0.15) is 10.0 Å². The van der Waals surface area contributed by atoms with Crippen molar-refractivity contribution in [2.75, 3.05) is 10.6 Å². The minimum absolute atomic E-state index is 0.106. The van der Waals surface area contributed by atoms with E-state index >= 15 is 0 Å². The summed E-state index contributed by atoms with van der Waals surface area (Å²) >= 11 is 2.82. The fourth-order valence-corrected chi connectivity index (χ4v) is 6.40. The highest BCUT2D eigenvalue weighted by Crippen LogP contribution is 2.45. The van der Waals surface area contributed by atoms with E-state index < -0.39 is 0 Å². The van der Waals surface area contributed by atoms with E-state index in [1.54, 1.807) is 18.2 Å². The highest BCUT2D eigenvalue weighted by molar-refractivity contribution is 7.15. The molecule has 38 heavy (non-hydrogen) atoms. The van der Waals surface area contributed by atoms with Crippen LogP contribution in [0.15, 0.2) is 48.5 Å². The zero-order chi connectivity index (χ0) is 26.5. The third-order valence-electron chi connectivity index (χ3n) is 6.36. The minimum Gasteiger partial charge on any atom is -0.300 e. The van der Waals surface area contributed by atoms with Crippen molar-refractivity contribution in [3.05, 3.63) is 86.7 Å². The number of hydrogen-bond donors (Lipinski definition) is 2. The van der Waals surface area contributed by atoms with Crippen LogP contribution in [0.4, 0.5) is 16.0 Å². The van der Waals surface area contributed by atoms with Gasteiger partial charge in [0.2, 0.25) is 22.1 Å². The van der Waals surface area contributed by atoms with Crippen LogP contribution in [-0.4, -0.2) is 32.2 Å². The molecule has 1 saturated carbocycles. The number of nitrogens with zero attached hydrogens (tertiary/aromatic N) is 5. The Hall–Kier alpha value is -4.01. The molecular weight excluding hydrogens is 518 g/mol. The van der Waals surface area contributed by atoms with Crippen LogP contribution in [0.3, 0.4) is 0 Å². The smallest absolute Gasteiger partial charge is 0.230 e. The average molecular weight is 544 g/mol. The van der Waals surface area contributed by atoms with E-state index in [0.29, 0.717) is 22.4 Å². The number of carbonyl (C=O) groups excluding carboxylic acids is 2. The van der Waals surface area contributed by atoms with Gasteiger partial charge in [-0.05, 0) is 37.3 Å². The maximum atomic E-state index is 12.5. The number of carbonyl (C=O) groups is 2. The van der Waals surface area contributed by atoms with E-state index in [2.05, 4.69) is 35.9 Å². The lowest BCUT2D eigenvalue weighted by molar-refractivity contribution is -0.116. The summed E-state index contributed by atoms with van der Waals surface area (Å²) in [7, 11) is 0. The predicted octanol–water partition coefficient (Wildman–Crippen LogP) is 5.66. The molecule has 0 radical (unpaired) electrons. The maximum Gasteiger partial charge on any atom is 0.230 e. The quantitative estimate of drug-likeness (QED) is 0.277. The molecule has 2 unspecified atom stereocenters. The summed E-state index contributed by atoms with van der Waals surface area (Å²) in [6.07, 6.45) is 3.24. The molecule has 1 aliphatic rings. The Morgan fingerprint density at radius 1 is 0.868 bits per heavy atom. The molecule has 4 aromatic rings. The lowest BCUT2D eigenvalue weighted by atomic mass is 10.1. The van der Waals surface area contributed by atoms with Crippen LogP contribution in [0, 0.1) is 13.5 Å². The Morgan fingerprint density at radius 2 is 1.42 bits per heavy atom. The van der Waals surface area contributed by atoms with Gasteiger partial charge in [0.25, 0.3) is 0 Å². The van der Waals surface area contributed by atoms with Crippen LogP contribution in [0.2, 0.25) is 0 Å². The van der Waals surface area contributed by atoms with E-state index in [-0.39, 0.29) is 30.1 Å². The Balaban J connectivity index is 1.13. The van der Waals surface area contributed by atoms with Crippen LogP contribution in [0.25, 0.3) is 4.85 Å². The predicted molar refractivity (Wildman–Crippen MR) is 148 cm³/mol. The molecule has 192 valence electrons. The molecule has 9 nitrogen and oxygen atoms in total. The van der Waals surface area contributed by atoms with Crippen molar-refractivity contribution in [1.82, 2.24) is 20.4 Å². The van der Waals surface area contributed by atoms with E-state index in [1.165, 1.54) is 22.7 Å². The standard InChI is InChI=1S/C27H25N7O2S2/c1-16-5-3-6-17(11-16)13-22(35)29-26-33-31-24(37-26)19-9-10-20(15-19)25-32-34-27(38-25)30-23(36)14-18-7-4-8-21(12-18)28-2/h3-8,11-12,19-20H,9-10,13-15H2,1H3,(H,29,33,35)(H,30,34,36). The first-order valence-corrected chi connectivity index (χ1v) is 13.9. The summed E-state index contributed by atoms with van der Waals surface area (Å²) in [5.74, 6) is 0.188. The summed E-state index contributed by atoms with van der Waals surface area (Å²) in [5.41, 5.74) is 3.38. The summed E-state index contributed by atoms with van der Waals surface area (Å²) in [6.45, 7) is 9.12. The third-order valence-corrected chi connectivity index (χ3v) is 8.36. The molecule has 2 N–H and O–H groups in total. The van der Waals surface area contributed by atoms with Gasteiger partial charge in [-0.2, -0.15) is 0 Å². The van der Waals surface area contributed by atoms with Crippen molar-refractivity contribution in [3.63, 3.8) is 0 Å². The van der Waals surface area contributed by atoms with Crippen LogP contribution < -0.4 is 10.6 Å².